The van der Waals surface area contributed by atoms with Crippen molar-refractivity contribution in [2.45, 2.75) is 13.5 Å². The van der Waals surface area contributed by atoms with Crippen molar-refractivity contribution in [2.24, 2.45) is 0 Å². The van der Waals surface area contributed by atoms with Gasteiger partial charge in [-0.1, -0.05) is 24.3 Å². The lowest BCUT2D eigenvalue weighted by molar-refractivity contribution is 0.102. The molecule has 0 unspecified atom stereocenters. The molecule has 0 aliphatic carbocycles. The lowest BCUT2D eigenvalue weighted by Crippen LogP contribution is -2.13. The molecule has 144 valence electrons. The number of anilines is 2. The van der Waals surface area contributed by atoms with Gasteiger partial charge in [0.25, 0.3) is 5.91 Å². The van der Waals surface area contributed by atoms with Crippen LogP contribution in [0.3, 0.4) is 0 Å². The van der Waals surface area contributed by atoms with E-state index in [2.05, 4.69) is 34.7 Å². The fraction of sp³-hybridized carbons (Fsp3) is 0.182. The minimum absolute atomic E-state index is 0.287. The van der Waals surface area contributed by atoms with Crippen LogP contribution in [-0.2, 0) is 6.54 Å². The molecule has 0 spiro atoms. The van der Waals surface area contributed by atoms with Crippen LogP contribution in [-0.4, -0.2) is 25.1 Å². The van der Waals surface area contributed by atoms with Crippen LogP contribution < -0.4 is 20.1 Å². The lowest BCUT2D eigenvalue weighted by Gasteiger charge is -2.11. The molecule has 1 amide bonds. The zero-order valence-electron chi connectivity index (χ0n) is 16.2. The number of benzene rings is 2. The Morgan fingerprint density at radius 1 is 1.00 bits per heavy atom. The molecule has 28 heavy (non-hydrogen) atoms. The third-order valence-corrected chi connectivity index (χ3v) is 4.36. The highest BCUT2D eigenvalue weighted by molar-refractivity contribution is 6.04. The maximum absolute atomic E-state index is 12.5. The quantitative estimate of drug-likeness (QED) is 0.643. The van der Waals surface area contributed by atoms with Crippen molar-refractivity contribution in [1.29, 1.82) is 0 Å². The Kier molecular flexibility index (Phi) is 6.11. The van der Waals surface area contributed by atoms with Crippen LogP contribution in [0.2, 0.25) is 0 Å². The van der Waals surface area contributed by atoms with E-state index in [1.165, 1.54) is 11.1 Å². The minimum Gasteiger partial charge on any atom is -0.497 e. The van der Waals surface area contributed by atoms with Gasteiger partial charge in [-0.05, 0) is 42.3 Å². The Hall–Kier alpha value is -3.54. The van der Waals surface area contributed by atoms with Gasteiger partial charge in [0.2, 0.25) is 0 Å². The summed E-state index contributed by atoms with van der Waals surface area (Å²) in [4.78, 5) is 16.8. The molecule has 0 bridgehead atoms. The molecule has 1 aromatic heterocycles. The normalized spacial score (nSPS) is 10.2. The van der Waals surface area contributed by atoms with E-state index in [1.54, 1.807) is 44.7 Å². The van der Waals surface area contributed by atoms with Gasteiger partial charge in [-0.25, -0.2) is 4.98 Å². The van der Waals surface area contributed by atoms with E-state index in [-0.39, 0.29) is 5.91 Å². The fourth-order valence-corrected chi connectivity index (χ4v) is 2.71. The molecular formula is C22H23N3O3. The number of carbonyl (C=O) groups excluding carboxylic acids is 1. The maximum Gasteiger partial charge on any atom is 0.257 e. The van der Waals surface area contributed by atoms with Crippen molar-refractivity contribution in [1.82, 2.24) is 4.98 Å². The Morgan fingerprint density at radius 3 is 2.32 bits per heavy atom. The molecule has 0 saturated heterocycles. The molecule has 0 aliphatic heterocycles. The minimum atomic E-state index is -0.287. The average Bonchev–Trinajstić information content (AvgIpc) is 2.73. The molecule has 2 N–H and O–H groups in total. The molecule has 0 fully saturated rings. The predicted octanol–water partition coefficient (Wildman–Crippen LogP) is 4.27. The number of carbonyl (C=O) groups is 1. The molecule has 6 heteroatoms. The van der Waals surface area contributed by atoms with Crippen LogP contribution in [0.25, 0.3) is 0 Å². The zero-order chi connectivity index (χ0) is 19.9. The van der Waals surface area contributed by atoms with Gasteiger partial charge in [-0.15, -0.1) is 0 Å². The molecule has 3 aromatic rings. The number of aromatic nitrogens is 1. The molecule has 2 aromatic carbocycles. The Labute approximate surface area is 164 Å². The molecule has 6 nitrogen and oxygen atoms in total. The number of ether oxygens (including phenoxy) is 2. The van der Waals surface area contributed by atoms with Crippen molar-refractivity contribution in [3.63, 3.8) is 0 Å². The van der Waals surface area contributed by atoms with Crippen molar-refractivity contribution >= 4 is 17.4 Å². The van der Waals surface area contributed by atoms with Crippen molar-refractivity contribution < 1.29 is 14.3 Å². The van der Waals surface area contributed by atoms with Crippen molar-refractivity contribution in [2.75, 3.05) is 24.9 Å². The molecule has 0 aliphatic rings. The zero-order valence-corrected chi connectivity index (χ0v) is 16.2. The largest absolute Gasteiger partial charge is 0.497 e. The van der Waals surface area contributed by atoms with Gasteiger partial charge < -0.3 is 20.1 Å². The van der Waals surface area contributed by atoms with E-state index < -0.39 is 0 Å². The molecule has 0 saturated carbocycles. The summed E-state index contributed by atoms with van der Waals surface area (Å²) in [5.41, 5.74) is 3.77. The van der Waals surface area contributed by atoms with Gasteiger partial charge in [0, 0.05) is 18.2 Å². The summed E-state index contributed by atoms with van der Waals surface area (Å²) < 4.78 is 10.4. The highest BCUT2D eigenvalue weighted by Gasteiger charge is 2.11. The number of hydrogen-bond acceptors (Lipinski definition) is 5. The van der Waals surface area contributed by atoms with Crippen LogP contribution in [0.5, 0.6) is 11.5 Å². The summed E-state index contributed by atoms with van der Waals surface area (Å²) in [5, 5.41) is 6.12. The first-order valence-electron chi connectivity index (χ1n) is 8.88. The Morgan fingerprint density at radius 2 is 1.71 bits per heavy atom. The lowest BCUT2D eigenvalue weighted by atomic mass is 10.1. The third kappa shape index (κ3) is 4.79. The second-order valence-corrected chi connectivity index (χ2v) is 6.27. The summed E-state index contributed by atoms with van der Waals surface area (Å²) in [5.74, 6) is 1.28. The van der Waals surface area contributed by atoms with E-state index in [1.807, 2.05) is 18.2 Å². The molecule has 0 radical (unpaired) electrons. The summed E-state index contributed by atoms with van der Waals surface area (Å²) >= 11 is 0. The molecular weight excluding hydrogens is 354 g/mol. The molecule has 1 heterocycles. The Bertz CT molecular complexity index is 933. The van der Waals surface area contributed by atoms with E-state index in [9.17, 15) is 4.79 Å². The smallest absolute Gasteiger partial charge is 0.257 e. The number of methoxy groups -OCH3 is 2. The standard InChI is InChI=1S/C22H23N3O3/c1-15-6-4-5-7-16(15)13-23-18-8-9-21(24-14-18)25-22(26)17-10-19(27-2)12-20(11-17)28-3/h4-12,14,23H,13H2,1-3H3,(H,24,25,26). The van der Waals surface area contributed by atoms with Crippen LogP contribution >= 0.6 is 0 Å². The van der Waals surface area contributed by atoms with Gasteiger partial charge in [0.05, 0.1) is 26.1 Å². The van der Waals surface area contributed by atoms with E-state index in [0.717, 1.165) is 5.69 Å². The van der Waals surface area contributed by atoms with Crippen LogP contribution in [0.15, 0.2) is 60.8 Å². The van der Waals surface area contributed by atoms with Gasteiger partial charge in [0.15, 0.2) is 0 Å². The average molecular weight is 377 g/mol. The summed E-state index contributed by atoms with van der Waals surface area (Å²) in [7, 11) is 3.08. The number of pyridine rings is 1. The number of hydrogen-bond donors (Lipinski definition) is 2. The van der Waals surface area contributed by atoms with Crippen LogP contribution in [0, 0.1) is 6.92 Å². The summed E-state index contributed by atoms with van der Waals surface area (Å²) in [6.07, 6.45) is 1.69. The van der Waals surface area contributed by atoms with Crippen LogP contribution in [0.1, 0.15) is 21.5 Å². The van der Waals surface area contributed by atoms with E-state index in [4.69, 9.17) is 9.47 Å². The maximum atomic E-state index is 12.5. The highest BCUT2D eigenvalue weighted by atomic mass is 16.5. The Balaban J connectivity index is 1.64. The first-order valence-corrected chi connectivity index (χ1v) is 8.88. The van der Waals surface area contributed by atoms with Gasteiger partial charge >= 0.3 is 0 Å². The monoisotopic (exact) mass is 377 g/mol. The predicted molar refractivity (Wildman–Crippen MR) is 110 cm³/mol. The third-order valence-electron chi connectivity index (χ3n) is 4.36. The SMILES string of the molecule is COc1cc(OC)cc(C(=O)Nc2ccc(NCc3ccccc3C)cn2)c1. The highest BCUT2D eigenvalue weighted by Crippen LogP contribution is 2.23. The first kappa shape index (κ1) is 19.2. The summed E-state index contributed by atoms with van der Waals surface area (Å²) in [6, 6.07) is 16.9. The summed E-state index contributed by atoms with van der Waals surface area (Å²) in [6.45, 7) is 2.80. The van der Waals surface area contributed by atoms with E-state index >= 15 is 0 Å². The van der Waals surface area contributed by atoms with Gasteiger partial charge in [0.1, 0.15) is 17.3 Å². The van der Waals surface area contributed by atoms with E-state index in [0.29, 0.717) is 29.4 Å². The number of aryl methyl sites for hydroxylation is 1. The fourth-order valence-electron chi connectivity index (χ4n) is 2.71. The van der Waals surface area contributed by atoms with Gasteiger partial charge in [-0.3, -0.25) is 4.79 Å². The molecule has 3 rings (SSSR count). The number of rotatable bonds is 7. The van der Waals surface area contributed by atoms with Crippen molar-refractivity contribution in [3.8, 4) is 11.5 Å². The number of nitrogens with zero attached hydrogens (tertiary/aromatic N) is 1. The topological polar surface area (TPSA) is 72.5 Å². The second kappa shape index (κ2) is 8.90. The van der Waals surface area contributed by atoms with Crippen molar-refractivity contribution in [3.05, 3.63) is 77.5 Å². The first-order chi connectivity index (χ1) is 13.6. The van der Waals surface area contributed by atoms with Gasteiger partial charge in [-0.2, -0.15) is 0 Å². The number of amides is 1. The second-order valence-electron chi connectivity index (χ2n) is 6.27. The molecule has 0 atom stereocenters. The number of nitrogens with one attached hydrogen (secondary N) is 2. The van der Waals surface area contributed by atoms with Crippen LogP contribution in [0.4, 0.5) is 11.5 Å².